The van der Waals surface area contributed by atoms with Crippen LogP contribution in [0.4, 0.5) is 5.82 Å². The highest BCUT2D eigenvalue weighted by Gasteiger charge is 2.57. The van der Waals surface area contributed by atoms with Crippen LogP contribution in [0.3, 0.4) is 0 Å². The lowest BCUT2D eigenvalue weighted by Gasteiger charge is -2.34. The van der Waals surface area contributed by atoms with Gasteiger partial charge in [-0.05, 0) is 19.3 Å². The van der Waals surface area contributed by atoms with Gasteiger partial charge in [0.15, 0.2) is 17.3 Å². The van der Waals surface area contributed by atoms with Crippen LogP contribution in [0.25, 0.3) is 11.2 Å². The molecule has 2 saturated carbocycles. The van der Waals surface area contributed by atoms with Crippen molar-refractivity contribution in [1.29, 1.82) is 0 Å². The van der Waals surface area contributed by atoms with Crippen molar-refractivity contribution in [2.45, 2.75) is 62.6 Å². The second-order valence-electron chi connectivity index (χ2n) is 7.46. The predicted molar refractivity (Wildman–Crippen MR) is 89.5 cm³/mol. The van der Waals surface area contributed by atoms with E-state index in [-0.39, 0.29) is 30.8 Å². The number of fused-ring (bicyclic) bond motifs is 2. The van der Waals surface area contributed by atoms with Crippen LogP contribution in [-0.2, 0) is 9.47 Å². The molecule has 4 unspecified atom stereocenters. The van der Waals surface area contributed by atoms with Crippen molar-refractivity contribution in [3.8, 4) is 0 Å². The first kappa shape index (κ1) is 15.5. The summed E-state index contributed by atoms with van der Waals surface area (Å²) in [6.07, 6.45) is 9.18. The first-order valence-electron chi connectivity index (χ1n) is 9.10. The van der Waals surface area contributed by atoms with E-state index < -0.39 is 5.79 Å². The summed E-state index contributed by atoms with van der Waals surface area (Å²) in [4.78, 5) is 12.8. The average molecular weight is 345 g/mol. The minimum absolute atomic E-state index is 0.0303. The molecule has 2 aliphatic carbocycles. The van der Waals surface area contributed by atoms with Crippen LogP contribution < -0.4 is 5.73 Å². The Balaban J connectivity index is 1.52. The zero-order valence-electron chi connectivity index (χ0n) is 14.0. The fourth-order valence-electron chi connectivity index (χ4n) is 4.79. The van der Waals surface area contributed by atoms with Gasteiger partial charge in [-0.25, -0.2) is 15.0 Å². The number of ether oxygens (including phenoxy) is 2. The molecule has 1 aliphatic heterocycles. The lowest BCUT2D eigenvalue weighted by molar-refractivity contribution is -0.206. The van der Waals surface area contributed by atoms with Gasteiger partial charge in [-0.3, -0.25) is 0 Å². The minimum atomic E-state index is -0.468. The Hall–Kier alpha value is -1.77. The van der Waals surface area contributed by atoms with Gasteiger partial charge < -0.3 is 24.9 Å². The molecular formula is C17H23N5O3. The van der Waals surface area contributed by atoms with Crippen molar-refractivity contribution in [3.63, 3.8) is 0 Å². The zero-order valence-corrected chi connectivity index (χ0v) is 14.0. The van der Waals surface area contributed by atoms with E-state index in [1.54, 1.807) is 6.33 Å². The van der Waals surface area contributed by atoms with Crippen LogP contribution in [0.2, 0.25) is 0 Å². The molecule has 1 spiro atoms. The number of imidazole rings is 1. The third kappa shape index (κ3) is 2.28. The molecule has 0 aromatic carbocycles. The Labute approximate surface area is 145 Å². The fourth-order valence-corrected chi connectivity index (χ4v) is 4.79. The average Bonchev–Trinajstić information content (AvgIpc) is 3.28. The van der Waals surface area contributed by atoms with Gasteiger partial charge in [0.25, 0.3) is 0 Å². The van der Waals surface area contributed by atoms with Crippen molar-refractivity contribution in [1.82, 2.24) is 19.5 Å². The minimum Gasteiger partial charge on any atom is -0.396 e. The standard InChI is InChI=1S/C17H23N5O3/c18-15-12-16(20-8-19-15)22(9-21-12)11-6-10(7-23)13-14(11)25-17(24-13)4-2-1-3-5-17/h8-11,13-14,23H,1-7H2,(H2,18,19,20). The van der Waals surface area contributed by atoms with Gasteiger partial charge in [0, 0.05) is 25.4 Å². The summed E-state index contributed by atoms with van der Waals surface area (Å²) in [5, 5.41) is 9.87. The Morgan fingerprint density at radius 2 is 1.96 bits per heavy atom. The molecule has 0 amide bonds. The topological polar surface area (TPSA) is 108 Å². The first-order chi connectivity index (χ1) is 12.2. The second kappa shape index (κ2) is 5.62. The van der Waals surface area contributed by atoms with Crippen LogP contribution in [0.5, 0.6) is 0 Å². The molecule has 0 radical (unpaired) electrons. The number of rotatable bonds is 2. The van der Waals surface area contributed by atoms with Crippen molar-refractivity contribution >= 4 is 17.0 Å². The number of aliphatic hydroxyl groups is 1. The van der Waals surface area contributed by atoms with Gasteiger partial charge in [-0.2, -0.15) is 0 Å². The van der Waals surface area contributed by atoms with Crippen LogP contribution in [-0.4, -0.2) is 49.2 Å². The number of aromatic nitrogens is 4. The van der Waals surface area contributed by atoms with E-state index in [2.05, 4.69) is 15.0 Å². The predicted octanol–water partition coefficient (Wildman–Crippen LogP) is 1.41. The van der Waals surface area contributed by atoms with E-state index in [1.165, 1.54) is 12.7 Å². The zero-order chi connectivity index (χ0) is 17.0. The van der Waals surface area contributed by atoms with Crippen LogP contribution in [0, 0.1) is 5.92 Å². The number of nitrogens with two attached hydrogens (primary N) is 1. The maximum Gasteiger partial charge on any atom is 0.169 e. The second-order valence-corrected chi connectivity index (χ2v) is 7.46. The van der Waals surface area contributed by atoms with Gasteiger partial charge in [0.05, 0.1) is 18.5 Å². The van der Waals surface area contributed by atoms with E-state index in [9.17, 15) is 5.11 Å². The first-order valence-corrected chi connectivity index (χ1v) is 9.10. The highest BCUT2D eigenvalue weighted by molar-refractivity contribution is 5.81. The molecule has 8 nitrogen and oxygen atoms in total. The van der Waals surface area contributed by atoms with E-state index >= 15 is 0 Å². The highest BCUT2D eigenvalue weighted by Crippen LogP contribution is 2.51. The molecule has 25 heavy (non-hydrogen) atoms. The molecule has 1 saturated heterocycles. The molecule has 2 aromatic rings. The van der Waals surface area contributed by atoms with Crippen LogP contribution in [0.15, 0.2) is 12.7 Å². The molecule has 3 aliphatic rings. The molecule has 2 aromatic heterocycles. The lowest BCUT2D eigenvalue weighted by atomic mass is 9.94. The maximum absolute atomic E-state index is 9.87. The molecule has 3 N–H and O–H groups in total. The van der Waals surface area contributed by atoms with Crippen molar-refractivity contribution in [2.75, 3.05) is 12.3 Å². The Morgan fingerprint density at radius 3 is 2.76 bits per heavy atom. The van der Waals surface area contributed by atoms with E-state index in [0.29, 0.717) is 17.0 Å². The fraction of sp³-hybridized carbons (Fsp3) is 0.706. The number of nitrogen functional groups attached to an aromatic ring is 1. The smallest absolute Gasteiger partial charge is 0.169 e. The number of anilines is 1. The SMILES string of the molecule is Nc1ncnc2c1ncn2C1CC(CO)C2OC3(CCCCC3)OC21. The highest BCUT2D eigenvalue weighted by atomic mass is 16.8. The van der Waals surface area contributed by atoms with Gasteiger partial charge in [0.1, 0.15) is 17.9 Å². The molecule has 5 rings (SSSR count). The Morgan fingerprint density at radius 1 is 1.16 bits per heavy atom. The summed E-state index contributed by atoms with van der Waals surface area (Å²) in [5.74, 6) is -0.0263. The number of nitrogens with zero attached hydrogens (tertiary/aromatic N) is 4. The van der Waals surface area contributed by atoms with Gasteiger partial charge in [-0.15, -0.1) is 0 Å². The Kier molecular flexibility index (Phi) is 3.48. The molecule has 8 heteroatoms. The molecule has 134 valence electrons. The summed E-state index contributed by atoms with van der Waals surface area (Å²) in [6.45, 7) is 0.0981. The third-order valence-corrected chi connectivity index (χ3v) is 6.01. The van der Waals surface area contributed by atoms with Crippen LogP contribution in [0.1, 0.15) is 44.6 Å². The summed E-state index contributed by atoms with van der Waals surface area (Å²) in [5.41, 5.74) is 7.24. The molecule has 3 heterocycles. The number of hydrogen-bond donors (Lipinski definition) is 2. The molecule has 3 fully saturated rings. The van der Waals surface area contributed by atoms with Crippen LogP contribution >= 0.6 is 0 Å². The summed E-state index contributed by atoms with van der Waals surface area (Å²) < 4.78 is 14.9. The summed E-state index contributed by atoms with van der Waals surface area (Å²) in [7, 11) is 0. The monoisotopic (exact) mass is 345 g/mol. The van der Waals surface area contributed by atoms with E-state index in [1.807, 2.05) is 4.57 Å². The van der Waals surface area contributed by atoms with Gasteiger partial charge in [0.2, 0.25) is 0 Å². The molecule has 4 atom stereocenters. The largest absolute Gasteiger partial charge is 0.396 e. The number of aliphatic hydroxyl groups excluding tert-OH is 1. The molecule has 0 bridgehead atoms. The molecular weight excluding hydrogens is 322 g/mol. The van der Waals surface area contributed by atoms with Gasteiger partial charge in [-0.1, -0.05) is 6.42 Å². The van der Waals surface area contributed by atoms with E-state index in [4.69, 9.17) is 15.2 Å². The lowest BCUT2D eigenvalue weighted by Crippen LogP contribution is -2.35. The Bertz CT molecular complexity index is 788. The quantitative estimate of drug-likeness (QED) is 0.847. The van der Waals surface area contributed by atoms with Crippen molar-refractivity contribution in [2.24, 2.45) is 5.92 Å². The third-order valence-electron chi connectivity index (χ3n) is 6.01. The van der Waals surface area contributed by atoms with Crippen molar-refractivity contribution < 1.29 is 14.6 Å². The summed E-state index contributed by atoms with van der Waals surface area (Å²) >= 11 is 0. The van der Waals surface area contributed by atoms with Gasteiger partial charge >= 0.3 is 0 Å². The van der Waals surface area contributed by atoms with E-state index in [0.717, 1.165) is 32.1 Å². The summed E-state index contributed by atoms with van der Waals surface area (Å²) in [6, 6.07) is 0.0303. The van der Waals surface area contributed by atoms with Crippen molar-refractivity contribution in [3.05, 3.63) is 12.7 Å². The maximum atomic E-state index is 9.87. The normalized spacial score (nSPS) is 34.0. The number of hydrogen-bond acceptors (Lipinski definition) is 7.